The number of carboxylic acid groups (broad SMARTS) is 1. The summed E-state index contributed by atoms with van der Waals surface area (Å²) in [5, 5.41) is 10.3. The minimum Gasteiger partial charge on any atom is -0.478 e. The molecule has 0 saturated carbocycles. The van der Waals surface area contributed by atoms with E-state index in [1.54, 1.807) is 49.5 Å². The standard InChI is InChI=1S/C27H27N5O4S.3ClH/c1-18-6-9-24(19(2)15-18)37(35,36)30-20-7-8-23-21(16-20)22(27(33)34)17-26(29-23)32-13-11-31(12-14-32)25-5-3-4-10-28-25;;;/h3-10,15-17,30H,11-14H2,1-2H3,(H,33,34);3*1H. The van der Waals surface area contributed by atoms with Crippen LogP contribution in [0.25, 0.3) is 10.9 Å². The van der Waals surface area contributed by atoms with Gasteiger partial charge in [-0.15, -0.1) is 37.2 Å². The van der Waals surface area contributed by atoms with E-state index in [0.29, 0.717) is 35.4 Å². The fraction of sp³-hybridized carbons (Fsp3) is 0.222. The van der Waals surface area contributed by atoms with E-state index >= 15 is 0 Å². The van der Waals surface area contributed by atoms with Crippen LogP contribution in [0.4, 0.5) is 17.3 Å². The molecule has 2 aromatic carbocycles. The Morgan fingerprint density at radius 3 is 2.15 bits per heavy atom. The first kappa shape index (κ1) is 32.9. The second-order valence-corrected chi connectivity index (χ2v) is 10.8. The number of aromatic carboxylic acids is 1. The largest absolute Gasteiger partial charge is 0.478 e. The van der Waals surface area contributed by atoms with Crippen LogP contribution in [-0.2, 0) is 10.0 Å². The Morgan fingerprint density at radius 2 is 1.55 bits per heavy atom. The lowest BCUT2D eigenvalue weighted by molar-refractivity contribution is 0.0699. The molecule has 1 saturated heterocycles. The van der Waals surface area contributed by atoms with E-state index in [1.807, 2.05) is 25.1 Å². The summed E-state index contributed by atoms with van der Waals surface area (Å²) in [6.07, 6.45) is 1.77. The van der Waals surface area contributed by atoms with Crippen LogP contribution in [0.3, 0.4) is 0 Å². The minimum atomic E-state index is -3.85. The maximum Gasteiger partial charge on any atom is 0.336 e. The number of hydrogen-bond donors (Lipinski definition) is 2. The number of sulfonamides is 1. The highest BCUT2D eigenvalue weighted by molar-refractivity contribution is 7.92. The van der Waals surface area contributed by atoms with Crippen LogP contribution in [0.15, 0.2) is 71.8 Å². The van der Waals surface area contributed by atoms with Crippen molar-refractivity contribution in [1.82, 2.24) is 9.97 Å². The maximum absolute atomic E-state index is 13.0. The molecule has 4 aromatic rings. The van der Waals surface area contributed by atoms with Crippen LogP contribution in [0, 0.1) is 13.8 Å². The van der Waals surface area contributed by atoms with Crippen LogP contribution in [0.5, 0.6) is 0 Å². The van der Waals surface area contributed by atoms with E-state index in [2.05, 4.69) is 19.5 Å². The molecule has 2 N–H and O–H groups in total. The molecule has 0 atom stereocenters. The Bertz CT molecular complexity index is 1600. The van der Waals surface area contributed by atoms with Gasteiger partial charge in [-0.25, -0.2) is 23.2 Å². The zero-order valence-electron chi connectivity index (χ0n) is 21.8. The number of benzene rings is 2. The Balaban J connectivity index is 0.00000187. The molecule has 1 fully saturated rings. The van der Waals surface area contributed by atoms with Gasteiger partial charge in [0, 0.05) is 43.4 Å². The Hall–Kier alpha value is -3.31. The molecule has 9 nitrogen and oxygen atoms in total. The van der Waals surface area contributed by atoms with Crippen LogP contribution >= 0.6 is 37.2 Å². The average Bonchev–Trinajstić information content (AvgIpc) is 2.88. The third-order valence-corrected chi connectivity index (χ3v) is 8.02. The van der Waals surface area contributed by atoms with Gasteiger partial charge in [-0.2, -0.15) is 0 Å². The van der Waals surface area contributed by atoms with Crippen molar-refractivity contribution in [2.24, 2.45) is 0 Å². The average molecular weight is 627 g/mol. The number of pyridine rings is 2. The fourth-order valence-electron chi connectivity index (χ4n) is 4.63. The molecule has 40 heavy (non-hydrogen) atoms. The lowest BCUT2D eigenvalue weighted by atomic mass is 10.1. The second-order valence-electron chi connectivity index (χ2n) is 9.10. The molecular formula is C27H30Cl3N5O4S. The van der Waals surface area contributed by atoms with E-state index < -0.39 is 16.0 Å². The zero-order chi connectivity index (χ0) is 26.2. The first-order chi connectivity index (χ1) is 17.7. The lowest BCUT2D eigenvalue weighted by Gasteiger charge is -2.36. The molecule has 0 radical (unpaired) electrons. The number of fused-ring (bicyclic) bond motifs is 1. The Kier molecular flexibility index (Phi) is 11.0. The molecule has 214 valence electrons. The molecule has 3 heterocycles. The van der Waals surface area contributed by atoms with Gasteiger partial charge >= 0.3 is 5.97 Å². The van der Waals surface area contributed by atoms with Crippen molar-refractivity contribution in [3.05, 3.63) is 83.6 Å². The highest BCUT2D eigenvalue weighted by Gasteiger charge is 2.22. The van der Waals surface area contributed by atoms with Crippen molar-refractivity contribution in [3.63, 3.8) is 0 Å². The van der Waals surface area contributed by atoms with E-state index in [0.717, 1.165) is 24.5 Å². The predicted octanol–water partition coefficient (Wildman–Crippen LogP) is 5.34. The Morgan fingerprint density at radius 1 is 0.875 bits per heavy atom. The topological polar surface area (TPSA) is 116 Å². The SMILES string of the molecule is Cc1ccc(S(=O)(=O)Nc2ccc3nc(N4CCN(c5ccccn5)CC4)cc(C(=O)O)c3c2)c(C)c1.Cl.Cl.Cl. The van der Waals surface area contributed by atoms with E-state index in [-0.39, 0.29) is 53.4 Å². The number of hydrogen-bond acceptors (Lipinski definition) is 7. The quantitative estimate of drug-likeness (QED) is 0.295. The van der Waals surface area contributed by atoms with Crippen molar-refractivity contribution in [1.29, 1.82) is 0 Å². The number of aromatic nitrogens is 2. The summed E-state index contributed by atoms with van der Waals surface area (Å²) in [6, 6.07) is 17.3. The van der Waals surface area contributed by atoms with Crippen molar-refractivity contribution < 1.29 is 18.3 Å². The summed E-state index contributed by atoms with van der Waals surface area (Å²) in [7, 11) is -3.85. The summed E-state index contributed by atoms with van der Waals surface area (Å²) in [6.45, 7) is 6.45. The molecule has 0 unspecified atom stereocenters. The van der Waals surface area contributed by atoms with Crippen molar-refractivity contribution >= 4 is 81.4 Å². The van der Waals surface area contributed by atoms with Gasteiger partial charge in [0.05, 0.1) is 16.0 Å². The number of nitrogens with one attached hydrogen (secondary N) is 1. The number of nitrogens with zero attached hydrogens (tertiary/aromatic N) is 4. The molecule has 0 amide bonds. The van der Waals surface area contributed by atoms with Crippen LogP contribution in [-0.4, -0.2) is 55.6 Å². The lowest BCUT2D eigenvalue weighted by Crippen LogP contribution is -2.47. The summed E-state index contributed by atoms with van der Waals surface area (Å²) >= 11 is 0. The van der Waals surface area contributed by atoms with Crippen molar-refractivity contribution in [3.8, 4) is 0 Å². The molecule has 1 aliphatic heterocycles. The van der Waals surface area contributed by atoms with Gasteiger partial charge in [-0.3, -0.25) is 4.72 Å². The van der Waals surface area contributed by atoms with Gasteiger partial charge < -0.3 is 14.9 Å². The van der Waals surface area contributed by atoms with Crippen molar-refractivity contribution in [2.45, 2.75) is 18.7 Å². The number of piperazine rings is 1. The number of carboxylic acids is 1. The number of carbonyl (C=O) groups is 1. The van der Waals surface area contributed by atoms with Gasteiger partial charge in [0.2, 0.25) is 0 Å². The number of aryl methyl sites for hydroxylation is 2. The van der Waals surface area contributed by atoms with E-state index in [9.17, 15) is 18.3 Å². The van der Waals surface area contributed by atoms with Gasteiger partial charge in [-0.1, -0.05) is 23.8 Å². The zero-order valence-corrected chi connectivity index (χ0v) is 25.0. The molecule has 5 rings (SSSR count). The molecule has 0 bridgehead atoms. The van der Waals surface area contributed by atoms with Gasteiger partial charge in [0.15, 0.2) is 0 Å². The smallest absolute Gasteiger partial charge is 0.336 e. The Labute approximate surface area is 251 Å². The minimum absolute atomic E-state index is 0. The summed E-state index contributed by atoms with van der Waals surface area (Å²) in [5.74, 6) is 0.389. The predicted molar refractivity (Wildman–Crippen MR) is 166 cm³/mol. The first-order valence-corrected chi connectivity index (χ1v) is 13.4. The molecular weight excluding hydrogens is 597 g/mol. The first-order valence-electron chi connectivity index (χ1n) is 11.9. The van der Waals surface area contributed by atoms with Crippen molar-refractivity contribution in [2.75, 3.05) is 40.7 Å². The number of halogens is 3. The molecule has 0 spiro atoms. The van der Waals surface area contributed by atoms with Crippen LogP contribution in [0.2, 0.25) is 0 Å². The molecule has 0 aliphatic carbocycles. The van der Waals surface area contributed by atoms with Crippen LogP contribution in [0.1, 0.15) is 21.5 Å². The highest BCUT2D eigenvalue weighted by Crippen LogP contribution is 2.28. The molecule has 2 aromatic heterocycles. The summed E-state index contributed by atoms with van der Waals surface area (Å²) in [4.78, 5) is 25.7. The van der Waals surface area contributed by atoms with E-state index in [4.69, 9.17) is 4.98 Å². The number of rotatable bonds is 6. The number of anilines is 3. The monoisotopic (exact) mass is 625 g/mol. The molecule has 13 heteroatoms. The summed E-state index contributed by atoms with van der Waals surface area (Å²) < 4.78 is 28.6. The van der Waals surface area contributed by atoms with E-state index in [1.165, 1.54) is 6.07 Å². The maximum atomic E-state index is 13.0. The van der Waals surface area contributed by atoms with Gasteiger partial charge in [0.1, 0.15) is 11.6 Å². The van der Waals surface area contributed by atoms with Gasteiger partial charge in [0.25, 0.3) is 10.0 Å². The fourth-order valence-corrected chi connectivity index (χ4v) is 5.91. The second kappa shape index (κ2) is 13.4. The third kappa shape index (κ3) is 6.87. The van der Waals surface area contributed by atoms with Crippen LogP contribution < -0.4 is 14.5 Å². The molecule has 1 aliphatic rings. The third-order valence-electron chi connectivity index (χ3n) is 6.47. The van der Waals surface area contributed by atoms with Gasteiger partial charge in [-0.05, 0) is 61.9 Å². The summed E-state index contributed by atoms with van der Waals surface area (Å²) in [5.41, 5.74) is 2.42. The normalized spacial score (nSPS) is 13.1. The highest BCUT2D eigenvalue weighted by atomic mass is 35.5.